The van der Waals surface area contributed by atoms with Crippen molar-refractivity contribution in [3.8, 4) is 0 Å². The molecule has 1 atom stereocenters. The Morgan fingerprint density at radius 2 is 2.22 bits per heavy atom. The highest BCUT2D eigenvalue weighted by atomic mass is 35.5. The molecule has 96 valence electrons. The zero-order valence-corrected chi connectivity index (χ0v) is 11.7. The SMILES string of the molecule is Cc1cccc2nc(CCl)n(C(C)C3CCC3)c12. The fourth-order valence-electron chi connectivity index (χ4n) is 3.04. The predicted molar refractivity (Wildman–Crippen MR) is 76.1 cm³/mol. The van der Waals surface area contributed by atoms with Gasteiger partial charge < -0.3 is 4.57 Å². The molecule has 0 saturated heterocycles. The summed E-state index contributed by atoms with van der Waals surface area (Å²) in [6, 6.07) is 6.83. The van der Waals surface area contributed by atoms with E-state index in [-0.39, 0.29) is 0 Å². The van der Waals surface area contributed by atoms with Crippen LogP contribution in [0.15, 0.2) is 18.2 Å². The fraction of sp³-hybridized carbons (Fsp3) is 0.533. The topological polar surface area (TPSA) is 17.8 Å². The van der Waals surface area contributed by atoms with E-state index in [2.05, 4.69) is 41.6 Å². The van der Waals surface area contributed by atoms with Gasteiger partial charge in [0.05, 0.1) is 16.9 Å². The highest BCUT2D eigenvalue weighted by molar-refractivity contribution is 6.16. The molecule has 1 aromatic carbocycles. The van der Waals surface area contributed by atoms with Crippen molar-refractivity contribution in [2.45, 2.75) is 45.0 Å². The number of para-hydroxylation sites is 1. The van der Waals surface area contributed by atoms with Gasteiger partial charge in [0.15, 0.2) is 0 Å². The van der Waals surface area contributed by atoms with Gasteiger partial charge in [-0.25, -0.2) is 4.98 Å². The van der Waals surface area contributed by atoms with Crippen molar-refractivity contribution in [3.63, 3.8) is 0 Å². The summed E-state index contributed by atoms with van der Waals surface area (Å²) in [7, 11) is 0. The lowest BCUT2D eigenvalue weighted by Crippen LogP contribution is -2.24. The van der Waals surface area contributed by atoms with E-state index in [0.717, 1.165) is 17.3 Å². The van der Waals surface area contributed by atoms with Gasteiger partial charge in [0.1, 0.15) is 5.82 Å². The van der Waals surface area contributed by atoms with Crippen molar-refractivity contribution in [2.24, 2.45) is 5.92 Å². The van der Waals surface area contributed by atoms with Gasteiger partial charge >= 0.3 is 0 Å². The van der Waals surface area contributed by atoms with Crippen LogP contribution < -0.4 is 0 Å². The van der Waals surface area contributed by atoms with Gasteiger partial charge in [-0.3, -0.25) is 0 Å². The van der Waals surface area contributed by atoms with Crippen molar-refractivity contribution >= 4 is 22.6 Å². The Balaban J connectivity index is 2.17. The first-order valence-electron chi connectivity index (χ1n) is 6.74. The summed E-state index contributed by atoms with van der Waals surface area (Å²) < 4.78 is 2.38. The third kappa shape index (κ3) is 1.74. The largest absolute Gasteiger partial charge is 0.324 e. The first-order chi connectivity index (χ1) is 8.72. The quantitative estimate of drug-likeness (QED) is 0.748. The number of hydrogen-bond donors (Lipinski definition) is 0. The maximum atomic E-state index is 6.08. The Kier molecular flexibility index (Phi) is 3.06. The minimum Gasteiger partial charge on any atom is -0.324 e. The van der Waals surface area contributed by atoms with E-state index in [0.29, 0.717) is 11.9 Å². The summed E-state index contributed by atoms with van der Waals surface area (Å²) in [4.78, 5) is 4.68. The zero-order chi connectivity index (χ0) is 12.7. The van der Waals surface area contributed by atoms with Crippen LogP contribution in [0.25, 0.3) is 11.0 Å². The highest BCUT2D eigenvalue weighted by Gasteiger charge is 2.28. The van der Waals surface area contributed by atoms with E-state index in [4.69, 9.17) is 11.6 Å². The van der Waals surface area contributed by atoms with Gasteiger partial charge in [0, 0.05) is 6.04 Å². The average molecular weight is 263 g/mol. The van der Waals surface area contributed by atoms with Crippen LogP contribution in [0.2, 0.25) is 0 Å². The molecule has 1 aromatic heterocycles. The van der Waals surface area contributed by atoms with Crippen LogP contribution in [-0.2, 0) is 5.88 Å². The number of rotatable bonds is 3. The van der Waals surface area contributed by atoms with Gasteiger partial charge in [0.25, 0.3) is 0 Å². The number of imidazole rings is 1. The molecule has 3 heteroatoms. The third-order valence-corrected chi connectivity index (χ3v) is 4.58. The Morgan fingerprint density at radius 1 is 1.44 bits per heavy atom. The molecule has 2 nitrogen and oxygen atoms in total. The molecule has 1 unspecified atom stereocenters. The molecule has 18 heavy (non-hydrogen) atoms. The second kappa shape index (κ2) is 4.58. The van der Waals surface area contributed by atoms with Gasteiger partial charge in [-0.05, 0) is 44.2 Å². The minimum absolute atomic E-state index is 0.491. The second-order valence-corrected chi connectivity index (χ2v) is 5.67. The number of aryl methyl sites for hydroxylation is 1. The molecule has 0 N–H and O–H groups in total. The summed E-state index contributed by atoms with van der Waals surface area (Å²) in [6.45, 7) is 4.47. The Bertz CT molecular complexity index is 569. The molecule has 1 heterocycles. The maximum absolute atomic E-state index is 6.08. The van der Waals surface area contributed by atoms with Gasteiger partial charge in [0.2, 0.25) is 0 Å². The zero-order valence-electron chi connectivity index (χ0n) is 11.0. The number of benzene rings is 1. The molecule has 0 amide bonds. The summed E-state index contributed by atoms with van der Waals surface area (Å²) in [5, 5.41) is 0. The number of nitrogens with zero attached hydrogens (tertiary/aromatic N) is 2. The number of alkyl halides is 1. The molecule has 0 aliphatic heterocycles. The molecular formula is C15H19ClN2. The van der Waals surface area contributed by atoms with Crippen molar-refractivity contribution in [1.82, 2.24) is 9.55 Å². The monoisotopic (exact) mass is 262 g/mol. The van der Waals surface area contributed by atoms with E-state index in [1.165, 1.54) is 30.3 Å². The van der Waals surface area contributed by atoms with Crippen molar-refractivity contribution in [3.05, 3.63) is 29.6 Å². The molecule has 1 fully saturated rings. The third-order valence-electron chi connectivity index (χ3n) is 4.34. The standard InChI is InChI=1S/C15H19ClN2/c1-10-5-3-8-13-15(10)18(14(9-16)17-13)11(2)12-6-4-7-12/h3,5,8,11-12H,4,6-7,9H2,1-2H3. The Hall–Kier alpha value is -1.02. The van der Waals surface area contributed by atoms with E-state index in [9.17, 15) is 0 Å². The van der Waals surface area contributed by atoms with E-state index in [1.807, 2.05) is 0 Å². The summed E-state index contributed by atoms with van der Waals surface area (Å²) in [5.74, 6) is 2.30. The summed E-state index contributed by atoms with van der Waals surface area (Å²) in [5.41, 5.74) is 3.65. The normalized spacial score (nSPS) is 17.9. The Labute approximate surface area is 113 Å². The van der Waals surface area contributed by atoms with E-state index >= 15 is 0 Å². The van der Waals surface area contributed by atoms with E-state index in [1.54, 1.807) is 0 Å². The van der Waals surface area contributed by atoms with Crippen molar-refractivity contribution in [1.29, 1.82) is 0 Å². The summed E-state index contributed by atoms with van der Waals surface area (Å²) >= 11 is 6.08. The predicted octanol–water partition coefficient (Wildman–Crippen LogP) is 4.44. The molecular weight excluding hydrogens is 244 g/mol. The molecule has 1 aliphatic rings. The van der Waals surface area contributed by atoms with Crippen LogP contribution in [-0.4, -0.2) is 9.55 Å². The first kappa shape index (κ1) is 12.0. The maximum Gasteiger partial charge on any atom is 0.125 e. The second-order valence-electron chi connectivity index (χ2n) is 5.41. The number of hydrogen-bond acceptors (Lipinski definition) is 1. The van der Waals surface area contributed by atoms with Crippen LogP contribution in [0.4, 0.5) is 0 Å². The number of halogens is 1. The number of aromatic nitrogens is 2. The van der Waals surface area contributed by atoms with Crippen LogP contribution in [0.5, 0.6) is 0 Å². The van der Waals surface area contributed by atoms with Crippen LogP contribution in [0.1, 0.15) is 43.6 Å². The molecule has 3 rings (SSSR count). The van der Waals surface area contributed by atoms with Crippen molar-refractivity contribution in [2.75, 3.05) is 0 Å². The van der Waals surface area contributed by atoms with Gasteiger partial charge in [-0.2, -0.15) is 0 Å². The van der Waals surface area contributed by atoms with Crippen LogP contribution in [0.3, 0.4) is 0 Å². The molecule has 2 aromatic rings. The van der Waals surface area contributed by atoms with Crippen molar-refractivity contribution < 1.29 is 0 Å². The highest BCUT2D eigenvalue weighted by Crippen LogP contribution is 2.38. The smallest absolute Gasteiger partial charge is 0.125 e. The minimum atomic E-state index is 0.491. The lowest BCUT2D eigenvalue weighted by atomic mass is 9.80. The molecule has 0 spiro atoms. The fourth-order valence-corrected chi connectivity index (χ4v) is 3.22. The molecule has 1 saturated carbocycles. The lowest BCUT2D eigenvalue weighted by molar-refractivity contribution is 0.223. The van der Waals surface area contributed by atoms with Crippen LogP contribution >= 0.6 is 11.6 Å². The average Bonchev–Trinajstić information content (AvgIpc) is 2.66. The van der Waals surface area contributed by atoms with E-state index < -0.39 is 0 Å². The number of fused-ring (bicyclic) bond motifs is 1. The molecule has 0 bridgehead atoms. The molecule has 0 radical (unpaired) electrons. The summed E-state index contributed by atoms with van der Waals surface area (Å²) in [6.07, 6.45) is 4.06. The Morgan fingerprint density at radius 3 is 2.83 bits per heavy atom. The first-order valence-corrected chi connectivity index (χ1v) is 7.28. The lowest BCUT2D eigenvalue weighted by Gasteiger charge is -2.33. The van der Waals surface area contributed by atoms with Crippen LogP contribution in [0, 0.1) is 12.8 Å². The molecule has 1 aliphatic carbocycles. The van der Waals surface area contributed by atoms with Gasteiger partial charge in [-0.1, -0.05) is 18.6 Å². The van der Waals surface area contributed by atoms with Gasteiger partial charge in [-0.15, -0.1) is 11.6 Å².